The lowest BCUT2D eigenvalue weighted by Gasteiger charge is -2.47. The largest absolute Gasteiger partial charge is 0.396 e. The summed E-state index contributed by atoms with van der Waals surface area (Å²) in [6.07, 6.45) is 0.926. The summed E-state index contributed by atoms with van der Waals surface area (Å²) in [5.74, 6) is 0. The maximum Gasteiger partial charge on any atom is 0.0443 e. The van der Waals surface area contributed by atoms with Gasteiger partial charge in [-0.25, -0.2) is 0 Å². The molecule has 4 nitrogen and oxygen atoms in total. The number of rotatable bonds is 4. The Morgan fingerprint density at radius 1 is 1.13 bits per heavy atom. The second kappa shape index (κ2) is 5.25. The first-order chi connectivity index (χ1) is 7.29. The molecular weight excluding hydrogens is 190 g/mol. The number of piperazine rings is 1. The van der Waals surface area contributed by atoms with Crippen LogP contribution < -0.4 is 0 Å². The molecule has 2 fully saturated rings. The SMILES string of the molecule is CN1CCN(C2CN(CCCO)C2)CC1. The van der Waals surface area contributed by atoms with E-state index in [4.69, 9.17) is 5.11 Å². The van der Waals surface area contributed by atoms with Gasteiger partial charge < -0.3 is 14.9 Å². The zero-order chi connectivity index (χ0) is 10.7. The fourth-order valence-electron chi connectivity index (χ4n) is 2.44. The fourth-order valence-corrected chi connectivity index (χ4v) is 2.44. The van der Waals surface area contributed by atoms with Crippen molar-refractivity contribution in [1.82, 2.24) is 14.7 Å². The van der Waals surface area contributed by atoms with E-state index in [-0.39, 0.29) is 0 Å². The Morgan fingerprint density at radius 2 is 1.80 bits per heavy atom. The molecule has 0 saturated carbocycles. The molecule has 0 atom stereocenters. The summed E-state index contributed by atoms with van der Waals surface area (Å²) in [6.45, 7) is 8.72. The highest BCUT2D eigenvalue weighted by molar-refractivity contribution is 4.89. The van der Waals surface area contributed by atoms with Crippen molar-refractivity contribution in [2.24, 2.45) is 0 Å². The fraction of sp³-hybridized carbons (Fsp3) is 1.00. The van der Waals surface area contributed by atoms with Crippen LogP contribution in [0.25, 0.3) is 0 Å². The van der Waals surface area contributed by atoms with Gasteiger partial charge in [-0.05, 0) is 13.5 Å². The third-order valence-corrected chi connectivity index (χ3v) is 3.62. The first kappa shape index (κ1) is 11.3. The summed E-state index contributed by atoms with van der Waals surface area (Å²) in [4.78, 5) is 7.47. The van der Waals surface area contributed by atoms with Gasteiger partial charge in [-0.3, -0.25) is 4.90 Å². The number of likely N-dealkylation sites (N-methyl/N-ethyl adjacent to an activating group) is 1. The molecule has 0 spiro atoms. The summed E-state index contributed by atoms with van der Waals surface area (Å²) in [5.41, 5.74) is 0. The lowest BCUT2D eigenvalue weighted by Crippen LogP contribution is -2.62. The van der Waals surface area contributed by atoms with Crippen molar-refractivity contribution in [3.05, 3.63) is 0 Å². The number of nitrogens with zero attached hydrogens (tertiary/aromatic N) is 3. The summed E-state index contributed by atoms with van der Waals surface area (Å²) < 4.78 is 0. The topological polar surface area (TPSA) is 30.0 Å². The van der Waals surface area contributed by atoms with E-state index in [9.17, 15) is 0 Å². The van der Waals surface area contributed by atoms with E-state index in [1.807, 2.05) is 0 Å². The van der Waals surface area contributed by atoms with Crippen molar-refractivity contribution in [2.75, 3.05) is 59.5 Å². The summed E-state index contributed by atoms with van der Waals surface area (Å²) in [5, 5.41) is 8.74. The van der Waals surface area contributed by atoms with Crippen LogP contribution >= 0.6 is 0 Å². The standard InChI is InChI=1S/C11H23N3O/c1-12-4-6-14(7-5-12)11-9-13(10-11)3-2-8-15/h11,15H,2-10H2,1H3. The van der Waals surface area contributed by atoms with Gasteiger partial charge in [0.25, 0.3) is 0 Å². The molecule has 4 heteroatoms. The Balaban J connectivity index is 1.62. The number of likely N-dealkylation sites (tertiary alicyclic amines) is 1. The predicted octanol–water partition coefficient (Wildman–Crippen LogP) is -0.700. The summed E-state index contributed by atoms with van der Waals surface area (Å²) >= 11 is 0. The van der Waals surface area contributed by atoms with Crippen LogP contribution in [0.2, 0.25) is 0 Å². The molecule has 2 aliphatic rings. The number of aliphatic hydroxyl groups excluding tert-OH is 1. The number of aliphatic hydroxyl groups is 1. The van der Waals surface area contributed by atoms with E-state index in [1.54, 1.807) is 0 Å². The van der Waals surface area contributed by atoms with Crippen molar-refractivity contribution in [3.63, 3.8) is 0 Å². The second-order valence-electron chi connectivity index (χ2n) is 4.83. The average molecular weight is 213 g/mol. The minimum absolute atomic E-state index is 0.329. The number of hydrogen-bond acceptors (Lipinski definition) is 4. The Labute approximate surface area is 92.5 Å². The summed E-state index contributed by atoms with van der Waals surface area (Å²) in [6, 6.07) is 0.789. The molecule has 88 valence electrons. The molecule has 2 rings (SSSR count). The Bertz CT molecular complexity index is 186. The zero-order valence-corrected chi connectivity index (χ0v) is 9.73. The van der Waals surface area contributed by atoms with Gasteiger partial charge in [-0.15, -0.1) is 0 Å². The van der Waals surface area contributed by atoms with Crippen molar-refractivity contribution < 1.29 is 5.11 Å². The van der Waals surface area contributed by atoms with Gasteiger partial charge in [0.2, 0.25) is 0 Å². The van der Waals surface area contributed by atoms with E-state index < -0.39 is 0 Å². The molecule has 15 heavy (non-hydrogen) atoms. The molecule has 2 heterocycles. The predicted molar refractivity (Wildman–Crippen MR) is 61.0 cm³/mol. The normalized spacial score (nSPS) is 26.8. The van der Waals surface area contributed by atoms with Gasteiger partial charge in [0.05, 0.1) is 0 Å². The van der Waals surface area contributed by atoms with Gasteiger partial charge in [-0.1, -0.05) is 0 Å². The molecule has 0 bridgehead atoms. The molecule has 0 aromatic rings. The van der Waals surface area contributed by atoms with Gasteiger partial charge in [0.15, 0.2) is 0 Å². The van der Waals surface area contributed by atoms with Crippen molar-refractivity contribution in [3.8, 4) is 0 Å². The first-order valence-electron chi connectivity index (χ1n) is 6.05. The van der Waals surface area contributed by atoms with Crippen LogP contribution in [0.5, 0.6) is 0 Å². The quantitative estimate of drug-likeness (QED) is 0.669. The highest BCUT2D eigenvalue weighted by Gasteiger charge is 2.32. The van der Waals surface area contributed by atoms with Gasteiger partial charge in [0, 0.05) is 58.5 Å². The third kappa shape index (κ3) is 2.91. The van der Waals surface area contributed by atoms with Crippen molar-refractivity contribution in [2.45, 2.75) is 12.5 Å². The Kier molecular flexibility index (Phi) is 3.97. The maximum atomic E-state index is 8.74. The first-order valence-corrected chi connectivity index (χ1v) is 6.05. The molecule has 0 amide bonds. The van der Waals surface area contributed by atoms with Crippen molar-refractivity contribution in [1.29, 1.82) is 0 Å². The molecule has 2 aliphatic heterocycles. The lowest BCUT2D eigenvalue weighted by atomic mass is 10.1. The molecule has 2 saturated heterocycles. The molecule has 0 aromatic heterocycles. The van der Waals surface area contributed by atoms with E-state index in [0.29, 0.717) is 6.61 Å². The molecule has 0 radical (unpaired) electrons. The van der Waals surface area contributed by atoms with Crippen LogP contribution in [0.1, 0.15) is 6.42 Å². The monoisotopic (exact) mass is 213 g/mol. The molecule has 0 aliphatic carbocycles. The smallest absolute Gasteiger partial charge is 0.0443 e. The van der Waals surface area contributed by atoms with Crippen LogP contribution in [0.3, 0.4) is 0 Å². The lowest BCUT2D eigenvalue weighted by molar-refractivity contribution is 0.00734. The summed E-state index contributed by atoms with van der Waals surface area (Å²) in [7, 11) is 2.20. The van der Waals surface area contributed by atoms with Crippen LogP contribution in [0.15, 0.2) is 0 Å². The average Bonchev–Trinajstić information content (AvgIpc) is 2.18. The minimum atomic E-state index is 0.329. The molecule has 0 unspecified atom stereocenters. The molecule has 1 N–H and O–H groups in total. The Morgan fingerprint density at radius 3 is 2.40 bits per heavy atom. The van der Waals surface area contributed by atoms with E-state index in [0.717, 1.165) is 19.0 Å². The van der Waals surface area contributed by atoms with Gasteiger partial charge in [-0.2, -0.15) is 0 Å². The third-order valence-electron chi connectivity index (χ3n) is 3.62. The van der Waals surface area contributed by atoms with Crippen LogP contribution in [-0.2, 0) is 0 Å². The Hall–Kier alpha value is -0.160. The zero-order valence-electron chi connectivity index (χ0n) is 9.73. The van der Waals surface area contributed by atoms with Gasteiger partial charge in [0.1, 0.15) is 0 Å². The number of hydrogen-bond donors (Lipinski definition) is 1. The highest BCUT2D eigenvalue weighted by atomic mass is 16.3. The van der Waals surface area contributed by atoms with Gasteiger partial charge >= 0.3 is 0 Å². The van der Waals surface area contributed by atoms with Crippen LogP contribution in [0.4, 0.5) is 0 Å². The highest BCUT2D eigenvalue weighted by Crippen LogP contribution is 2.16. The molecular formula is C11H23N3O. The van der Waals surface area contributed by atoms with E-state index >= 15 is 0 Å². The molecule has 0 aromatic carbocycles. The van der Waals surface area contributed by atoms with Crippen LogP contribution in [0, 0.1) is 0 Å². The maximum absolute atomic E-state index is 8.74. The van der Waals surface area contributed by atoms with E-state index in [1.165, 1.54) is 39.3 Å². The second-order valence-corrected chi connectivity index (χ2v) is 4.83. The van der Waals surface area contributed by atoms with E-state index in [2.05, 4.69) is 21.7 Å². The van der Waals surface area contributed by atoms with Crippen molar-refractivity contribution >= 4 is 0 Å². The minimum Gasteiger partial charge on any atom is -0.396 e. The van der Waals surface area contributed by atoms with Crippen LogP contribution in [-0.4, -0.2) is 85.3 Å².